The quantitative estimate of drug-likeness (QED) is 0.311. The number of nitrogens with zero attached hydrogens (tertiary/aromatic N) is 2. The summed E-state index contributed by atoms with van der Waals surface area (Å²) in [5.41, 5.74) is 2.85. The maximum atomic E-state index is 12.6. The Morgan fingerprint density at radius 3 is 2.12 bits per heavy atom. The number of halogens is 2. The Hall–Kier alpha value is -3.46. The molecule has 0 unspecified atom stereocenters. The number of phenolic OH excluding ortho intramolecular Hbond substituents is 1. The third-order valence-corrected chi connectivity index (χ3v) is 6.00. The van der Waals surface area contributed by atoms with E-state index in [1.165, 1.54) is 12.1 Å². The zero-order valence-corrected chi connectivity index (χ0v) is 19.4. The van der Waals surface area contributed by atoms with E-state index in [-0.39, 0.29) is 21.8 Å². The first kappa shape index (κ1) is 22.7. The second-order valence-corrected chi connectivity index (χ2v) is 8.87. The van der Waals surface area contributed by atoms with E-state index in [9.17, 15) is 14.7 Å². The van der Waals surface area contributed by atoms with E-state index in [1.807, 2.05) is 31.2 Å². The number of nitrogens with one attached hydrogen (secondary N) is 2. The predicted molar refractivity (Wildman–Crippen MR) is 131 cm³/mol. The van der Waals surface area contributed by atoms with Crippen molar-refractivity contribution >= 4 is 57.2 Å². The molecule has 0 saturated carbocycles. The van der Waals surface area contributed by atoms with Crippen LogP contribution >= 0.6 is 34.5 Å². The van der Waals surface area contributed by atoms with Crippen molar-refractivity contribution in [2.75, 3.05) is 10.6 Å². The van der Waals surface area contributed by atoms with Crippen LogP contribution in [0.4, 0.5) is 10.8 Å². The van der Waals surface area contributed by atoms with Gasteiger partial charge in [-0.25, -0.2) is 0 Å². The largest absolute Gasteiger partial charge is 0.506 e. The van der Waals surface area contributed by atoms with Crippen molar-refractivity contribution in [1.29, 1.82) is 0 Å². The van der Waals surface area contributed by atoms with Crippen LogP contribution in [0.25, 0.3) is 10.6 Å². The fourth-order valence-corrected chi connectivity index (χ4v) is 4.14. The lowest BCUT2D eigenvalue weighted by Crippen LogP contribution is -2.14. The molecule has 1 heterocycles. The molecule has 4 aromatic rings. The minimum Gasteiger partial charge on any atom is -0.506 e. The normalized spacial score (nSPS) is 10.6. The Kier molecular flexibility index (Phi) is 6.60. The summed E-state index contributed by atoms with van der Waals surface area (Å²) in [7, 11) is 0. The van der Waals surface area contributed by atoms with Crippen LogP contribution in [0.15, 0.2) is 60.7 Å². The Balaban J connectivity index is 1.43. The lowest BCUT2D eigenvalue weighted by Gasteiger charge is -2.07. The van der Waals surface area contributed by atoms with Crippen molar-refractivity contribution in [3.05, 3.63) is 87.4 Å². The van der Waals surface area contributed by atoms with Gasteiger partial charge in [0.1, 0.15) is 5.75 Å². The number of hydrogen-bond acceptors (Lipinski definition) is 6. The van der Waals surface area contributed by atoms with Gasteiger partial charge in [0.05, 0.1) is 10.6 Å². The van der Waals surface area contributed by atoms with Crippen LogP contribution in [0.1, 0.15) is 26.3 Å². The first-order valence-corrected chi connectivity index (χ1v) is 11.2. The van der Waals surface area contributed by atoms with Crippen molar-refractivity contribution in [3.8, 4) is 16.3 Å². The monoisotopic (exact) mass is 498 g/mol. The molecular weight excluding hydrogens is 483 g/mol. The van der Waals surface area contributed by atoms with Crippen LogP contribution in [0.5, 0.6) is 5.75 Å². The molecule has 7 nitrogen and oxygen atoms in total. The lowest BCUT2D eigenvalue weighted by atomic mass is 10.1. The molecule has 0 spiro atoms. The van der Waals surface area contributed by atoms with Gasteiger partial charge in [0.2, 0.25) is 5.13 Å². The third kappa shape index (κ3) is 5.31. The highest BCUT2D eigenvalue weighted by Gasteiger charge is 2.17. The average molecular weight is 499 g/mol. The summed E-state index contributed by atoms with van der Waals surface area (Å²) >= 11 is 13.0. The number of aromatic hydroxyl groups is 1. The number of anilines is 2. The molecule has 2 amide bonds. The summed E-state index contributed by atoms with van der Waals surface area (Å²) < 4.78 is 0. The van der Waals surface area contributed by atoms with Crippen molar-refractivity contribution in [1.82, 2.24) is 10.2 Å². The van der Waals surface area contributed by atoms with Crippen molar-refractivity contribution < 1.29 is 14.7 Å². The molecule has 0 atom stereocenters. The number of amides is 2. The minimum absolute atomic E-state index is 0.0878. The summed E-state index contributed by atoms with van der Waals surface area (Å²) in [6.07, 6.45) is 0. The Labute approximate surface area is 203 Å². The van der Waals surface area contributed by atoms with Crippen molar-refractivity contribution in [2.24, 2.45) is 0 Å². The van der Waals surface area contributed by atoms with Gasteiger partial charge in [-0.3, -0.25) is 14.9 Å². The number of aromatic nitrogens is 2. The maximum absolute atomic E-state index is 12.6. The van der Waals surface area contributed by atoms with E-state index in [1.54, 1.807) is 24.3 Å². The smallest absolute Gasteiger partial charge is 0.257 e. The zero-order valence-electron chi connectivity index (χ0n) is 17.1. The molecule has 166 valence electrons. The number of hydrogen-bond donors (Lipinski definition) is 3. The van der Waals surface area contributed by atoms with E-state index in [0.717, 1.165) is 16.9 Å². The highest BCUT2D eigenvalue weighted by atomic mass is 35.5. The number of phenols is 1. The molecular formula is C23H16Cl2N4O3S. The summed E-state index contributed by atoms with van der Waals surface area (Å²) in [6.45, 7) is 1.97. The van der Waals surface area contributed by atoms with Gasteiger partial charge in [-0.1, -0.05) is 52.2 Å². The van der Waals surface area contributed by atoms with Crippen LogP contribution in [0, 0.1) is 6.92 Å². The van der Waals surface area contributed by atoms with Gasteiger partial charge in [0.25, 0.3) is 11.8 Å². The van der Waals surface area contributed by atoms with Crippen LogP contribution in [-0.4, -0.2) is 27.1 Å². The molecule has 0 aliphatic carbocycles. The minimum atomic E-state index is -0.420. The standard InChI is InChI=1S/C23H16Cl2N4O3S/c1-12-2-8-16(9-3-12)26-20(31)13-4-6-14(7-5-13)21(32)27-23-29-28-22(33-23)17-10-15(24)11-18(25)19(17)30/h2-11,30H,1H3,(H,26,31)(H,27,29,32). The molecule has 4 rings (SSSR count). The number of rotatable bonds is 5. The lowest BCUT2D eigenvalue weighted by molar-refractivity contribution is 0.101. The zero-order chi connectivity index (χ0) is 23.5. The molecule has 33 heavy (non-hydrogen) atoms. The SMILES string of the molecule is Cc1ccc(NC(=O)c2ccc(C(=O)Nc3nnc(-c4cc(Cl)cc(Cl)c4O)s3)cc2)cc1. The van der Waals surface area contributed by atoms with Gasteiger partial charge >= 0.3 is 0 Å². The van der Waals surface area contributed by atoms with Gasteiger partial charge < -0.3 is 10.4 Å². The Morgan fingerprint density at radius 1 is 0.879 bits per heavy atom. The number of aryl methyl sites for hydroxylation is 1. The second-order valence-electron chi connectivity index (χ2n) is 7.05. The fraction of sp³-hybridized carbons (Fsp3) is 0.0435. The van der Waals surface area contributed by atoms with Crippen LogP contribution in [-0.2, 0) is 0 Å². The first-order chi connectivity index (χ1) is 15.8. The van der Waals surface area contributed by atoms with Crippen molar-refractivity contribution in [2.45, 2.75) is 6.92 Å². The van der Waals surface area contributed by atoms with Crippen LogP contribution in [0.3, 0.4) is 0 Å². The highest BCUT2D eigenvalue weighted by molar-refractivity contribution is 7.18. The van der Waals surface area contributed by atoms with Gasteiger partial charge in [-0.05, 0) is 55.5 Å². The third-order valence-electron chi connectivity index (χ3n) is 4.62. The summed E-state index contributed by atoms with van der Waals surface area (Å²) in [4.78, 5) is 25.0. The fourth-order valence-electron chi connectivity index (χ4n) is 2.89. The summed E-state index contributed by atoms with van der Waals surface area (Å²) in [6, 6.07) is 16.6. The Bertz CT molecular complexity index is 1340. The van der Waals surface area contributed by atoms with Crippen LogP contribution < -0.4 is 10.6 Å². The van der Waals surface area contributed by atoms with Gasteiger partial charge in [-0.2, -0.15) is 0 Å². The first-order valence-electron chi connectivity index (χ1n) is 9.61. The molecule has 0 radical (unpaired) electrons. The number of benzene rings is 3. The highest BCUT2D eigenvalue weighted by Crippen LogP contribution is 2.39. The Morgan fingerprint density at radius 2 is 1.48 bits per heavy atom. The average Bonchev–Trinajstić information content (AvgIpc) is 3.26. The van der Waals surface area contributed by atoms with E-state index >= 15 is 0 Å². The predicted octanol–water partition coefficient (Wildman–Crippen LogP) is 6.03. The molecule has 0 bridgehead atoms. The molecule has 0 aliphatic rings. The van der Waals surface area contributed by atoms with Gasteiger partial charge in [-0.15, -0.1) is 10.2 Å². The van der Waals surface area contributed by atoms with Gasteiger partial charge in [0, 0.05) is 21.8 Å². The van der Waals surface area contributed by atoms with E-state index in [4.69, 9.17) is 23.2 Å². The van der Waals surface area contributed by atoms with E-state index in [2.05, 4.69) is 20.8 Å². The topological polar surface area (TPSA) is 104 Å². The molecule has 0 fully saturated rings. The summed E-state index contributed by atoms with van der Waals surface area (Å²) in [5, 5.41) is 24.5. The van der Waals surface area contributed by atoms with Crippen LogP contribution in [0.2, 0.25) is 10.0 Å². The van der Waals surface area contributed by atoms with Gasteiger partial charge in [0.15, 0.2) is 5.01 Å². The number of carbonyl (C=O) groups excluding carboxylic acids is 2. The maximum Gasteiger partial charge on any atom is 0.257 e. The second kappa shape index (κ2) is 9.58. The molecule has 3 N–H and O–H groups in total. The molecule has 1 aromatic heterocycles. The molecule has 10 heteroatoms. The van der Waals surface area contributed by atoms with E-state index in [0.29, 0.717) is 32.4 Å². The molecule has 3 aromatic carbocycles. The molecule has 0 saturated heterocycles. The molecule has 0 aliphatic heterocycles. The van der Waals surface area contributed by atoms with Crippen molar-refractivity contribution in [3.63, 3.8) is 0 Å². The number of carbonyl (C=O) groups is 2. The summed E-state index contributed by atoms with van der Waals surface area (Å²) in [5.74, 6) is -0.870. The van der Waals surface area contributed by atoms with E-state index < -0.39 is 5.91 Å².